The third kappa shape index (κ3) is 3.25. The third-order valence-electron chi connectivity index (χ3n) is 2.74. The summed E-state index contributed by atoms with van der Waals surface area (Å²) in [5, 5.41) is 9.76. The van der Waals surface area contributed by atoms with Crippen LogP contribution in [0.5, 0.6) is 0 Å². The van der Waals surface area contributed by atoms with Gasteiger partial charge in [-0.1, -0.05) is 13.8 Å². The van der Waals surface area contributed by atoms with Gasteiger partial charge >= 0.3 is 0 Å². The summed E-state index contributed by atoms with van der Waals surface area (Å²) >= 11 is 0. The van der Waals surface area contributed by atoms with E-state index >= 15 is 0 Å². The molecular formula is C10H22N2O. The van der Waals surface area contributed by atoms with E-state index < -0.39 is 5.60 Å². The van der Waals surface area contributed by atoms with Crippen LogP contribution < -0.4 is 5.73 Å². The summed E-state index contributed by atoms with van der Waals surface area (Å²) in [6.07, 6.45) is 0.883. The summed E-state index contributed by atoms with van der Waals surface area (Å²) in [4.78, 5) is 2.30. The van der Waals surface area contributed by atoms with Crippen molar-refractivity contribution in [1.82, 2.24) is 4.90 Å². The molecule has 0 aromatic rings. The van der Waals surface area contributed by atoms with E-state index in [4.69, 9.17) is 5.73 Å². The Morgan fingerprint density at radius 1 is 1.54 bits per heavy atom. The van der Waals surface area contributed by atoms with Crippen LogP contribution in [0.2, 0.25) is 0 Å². The number of rotatable bonds is 3. The first-order chi connectivity index (χ1) is 5.85. The molecule has 0 spiro atoms. The van der Waals surface area contributed by atoms with Gasteiger partial charge < -0.3 is 10.8 Å². The number of likely N-dealkylation sites (tertiary alicyclic amines) is 1. The lowest BCUT2D eigenvalue weighted by atomic mass is 9.93. The fourth-order valence-electron chi connectivity index (χ4n) is 1.84. The normalized spacial score (nSPS) is 31.2. The molecule has 1 rings (SSSR count). The number of nitrogens with two attached hydrogens (primary N) is 1. The van der Waals surface area contributed by atoms with Crippen molar-refractivity contribution in [2.75, 3.05) is 26.2 Å². The SMILES string of the molecule is CC(C)(CN)CN1CCC(C)(O)C1. The zero-order valence-electron chi connectivity index (χ0n) is 9.01. The van der Waals surface area contributed by atoms with Crippen LogP contribution in [0.15, 0.2) is 0 Å². The van der Waals surface area contributed by atoms with E-state index in [9.17, 15) is 5.11 Å². The summed E-state index contributed by atoms with van der Waals surface area (Å²) in [5.74, 6) is 0. The van der Waals surface area contributed by atoms with Crippen molar-refractivity contribution >= 4 is 0 Å². The van der Waals surface area contributed by atoms with E-state index in [1.54, 1.807) is 0 Å². The predicted molar refractivity (Wildman–Crippen MR) is 54.5 cm³/mol. The molecule has 1 atom stereocenters. The summed E-state index contributed by atoms with van der Waals surface area (Å²) in [5.41, 5.74) is 5.35. The number of β-amino-alcohol motifs (C(OH)–C–C–N with tert-alkyl or cyclic N) is 1. The van der Waals surface area contributed by atoms with Gasteiger partial charge in [-0.15, -0.1) is 0 Å². The van der Waals surface area contributed by atoms with Crippen LogP contribution in [0.1, 0.15) is 27.2 Å². The number of hydrogen-bond acceptors (Lipinski definition) is 3. The first-order valence-electron chi connectivity index (χ1n) is 4.99. The molecule has 0 bridgehead atoms. The van der Waals surface area contributed by atoms with Crippen LogP contribution in [0, 0.1) is 5.41 Å². The quantitative estimate of drug-likeness (QED) is 0.672. The Labute approximate surface area is 80.9 Å². The second kappa shape index (κ2) is 3.56. The van der Waals surface area contributed by atoms with Gasteiger partial charge in [-0.3, -0.25) is 4.90 Å². The largest absolute Gasteiger partial charge is 0.389 e. The average molecular weight is 186 g/mol. The Hall–Kier alpha value is -0.120. The van der Waals surface area contributed by atoms with Gasteiger partial charge in [-0.2, -0.15) is 0 Å². The zero-order chi connectivity index (χ0) is 10.1. The second-order valence-corrected chi connectivity index (χ2v) is 5.33. The van der Waals surface area contributed by atoms with Crippen LogP contribution in [0.25, 0.3) is 0 Å². The molecule has 0 saturated carbocycles. The molecule has 78 valence electrons. The highest BCUT2D eigenvalue weighted by Crippen LogP contribution is 2.24. The Balaban J connectivity index is 2.40. The van der Waals surface area contributed by atoms with Gasteiger partial charge in [0.05, 0.1) is 5.60 Å². The van der Waals surface area contributed by atoms with Crippen molar-refractivity contribution < 1.29 is 5.11 Å². The van der Waals surface area contributed by atoms with Crippen molar-refractivity contribution in [1.29, 1.82) is 0 Å². The average Bonchev–Trinajstić information content (AvgIpc) is 2.29. The lowest BCUT2D eigenvalue weighted by Crippen LogP contribution is -2.39. The van der Waals surface area contributed by atoms with Crippen molar-refractivity contribution in [3.05, 3.63) is 0 Å². The summed E-state index contributed by atoms with van der Waals surface area (Å²) in [6.45, 7) is 9.71. The maximum atomic E-state index is 9.76. The highest BCUT2D eigenvalue weighted by Gasteiger charge is 2.33. The summed E-state index contributed by atoms with van der Waals surface area (Å²) in [6, 6.07) is 0. The van der Waals surface area contributed by atoms with Gasteiger partial charge in [0.25, 0.3) is 0 Å². The van der Waals surface area contributed by atoms with Crippen molar-refractivity contribution in [2.45, 2.75) is 32.8 Å². The molecule has 13 heavy (non-hydrogen) atoms. The number of aliphatic hydroxyl groups is 1. The Morgan fingerprint density at radius 2 is 2.15 bits per heavy atom. The van der Waals surface area contributed by atoms with Gasteiger partial charge in [0.1, 0.15) is 0 Å². The predicted octanol–water partition coefficient (Wildman–Crippen LogP) is 0.428. The fraction of sp³-hybridized carbons (Fsp3) is 1.00. The minimum atomic E-state index is -0.481. The van der Waals surface area contributed by atoms with Crippen molar-refractivity contribution in [3.63, 3.8) is 0 Å². The third-order valence-corrected chi connectivity index (χ3v) is 2.74. The van der Waals surface area contributed by atoms with Crippen LogP contribution in [-0.4, -0.2) is 41.8 Å². The van der Waals surface area contributed by atoms with Gasteiger partial charge in [-0.25, -0.2) is 0 Å². The highest BCUT2D eigenvalue weighted by molar-refractivity contribution is 4.88. The molecule has 1 saturated heterocycles. The molecular weight excluding hydrogens is 164 g/mol. The van der Waals surface area contributed by atoms with Gasteiger partial charge in [0.2, 0.25) is 0 Å². The van der Waals surface area contributed by atoms with E-state index in [-0.39, 0.29) is 5.41 Å². The molecule has 0 aromatic heterocycles. The number of nitrogens with zero attached hydrogens (tertiary/aromatic N) is 1. The topological polar surface area (TPSA) is 49.5 Å². The minimum Gasteiger partial charge on any atom is -0.389 e. The standard InChI is InChI=1S/C10H22N2O/c1-9(2,6-11)7-12-5-4-10(3,13)8-12/h13H,4-8,11H2,1-3H3. The lowest BCUT2D eigenvalue weighted by Gasteiger charge is -2.29. The van der Waals surface area contributed by atoms with Crippen LogP contribution >= 0.6 is 0 Å². The Morgan fingerprint density at radius 3 is 2.54 bits per heavy atom. The molecule has 3 N–H and O–H groups in total. The number of hydrogen-bond donors (Lipinski definition) is 2. The smallest absolute Gasteiger partial charge is 0.0758 e. The maximum absolute atomic E-state index is 9.76. The molecule has 3 nitrogen and oxygen atoms in total. The van der Waals surface area contributed by atoms with E-state index in [2.05, 4.69) is 18.7 Å². The minimum absolute atomic E-state index is 0.167. The van der Waals surface area contributed by atoms with E-state index in [1.165, 1.54) is 0 Å². The molecule has 0 radical (unpaired) electrons. The van der Waals surface area contributed by atoms with Gasteiger partial charge in [0, 0.05) is 19.6 Å². The fourth-order valence-corrected chi connectivity index (χ4v) is 1.84. The zero-order valence-corrected chi connectivity index (χ0v) is 9.01. The molecule has 1 fully saturated rings. The monoisotopic (exact) mass is 186 g/mol. The summed E-state index contributed by atoms with van der Waals surface area (Å²) < 4.78 is 0. The first-order valence-corrected chi connectivity index (χ1v) is 4.99. The van der Waals surface area contributed by atoms with Crippen LogP contribution in [0.3, 0.4) is 0 Å². The molecule has 3 heteroatoms. The maximum Gasteiger partial charge on any atom is 0.0758 e. The van der Waals surface area contributed by atoms with Crippen molar-refractivity contribution in [2.24, 2.45) is 11.1 Å². The molecule has 1 aliphatic rings. The van der Waals surface area contributed by atoms with E-state index in [1.807, 2.05) is 6.92 Å². The molecule has 1 aliphatic heterocycles. The van der Waals surface area contributed by atoms with Gasteiger partial charge in [0.15, 0.2) is 0 Å². The van der Waals surface area contributed by atoms with E-state index in [0.29, 0.717) is 6.54 Å². The highest BCUT2D eigenvalue weighted by atomic mass is 16.3. The molecule has 0 aliphatic carbocycles. The van der Waals surface area contributed by atoms with Crippen LogP contribution in [0.4, 0.5) is 0 Å². The molecule has 0 aromatic carbocycles. The molecule has 0 amide bonds. The lowest BCUT2D eigenvalue weighted by molar-refractivity contribution is 0.0636. The molecule has 1 unspecified atom stereocenters. The first kappa shape index (κ1) is 11.0. The Kier molecular flexibility index (Phi) is 3.00. The second-order valence-electron chi connectivity index (χ2n) is 5.33. The van der Waals surface area contributed by atoms with Crippen LogP contribution in [-0.2, 0) is 0 Å². The molecule has 1 heterocycles. The van der Waals surface area contributed by atoms with Gasteiger partial charge in [-0.05, 0) is 25.3 Å². The Bertz CT molecular complexity index is 178. The van der Waals surface area contributed by atoms with E-state index in [0.717, 1.165) is 26.1 Å². The van der Waals surface area contributed by atoms with Crippen molar-refractivity contribution in [3.8, 4) is 0 Å². The summed E-state index contributed by atoms with van der Waals surface area (Å²) in [7, 11) is 0.